The van der Waals surface area contributed by atoms with Crippen LogP contribution in [0.1, 0.15) is 26.2 Å². The van der Waals surface area contributed by atoms with Crippen LogP contribution in [0.5, 0.6) is 0 Å². The molecule has 0 aromatic carbocycles. The molecule has 8 nitrogen and oxygen atoms in total. The maximum atomic E-state index is 11.5. The Bertz CT molecular complexity index is 446. The van der Waals surface area contributed by atoms with Crippen LogP contribution in [0.25, 0.3) is 0 Å². The van der Waals surface area contributed by atoms with Crippen molar-refractivity contribution in [2.45, 2.75) is 32.2 Å². The molecule has 0 aliphatic carbocycles. The highest BCUT2D eigenvalue weighted by Gasteiger charge is 2.21. The minimum Gasteiger partial charge on any atom is -0.467 e. The monoisotopic (exact) mass is 308 g/mol. The molecule has 0 radical (unpaired) electrons. The molecule has 0 heterocycles. The third kappa shape index (κ3) is 7.72. The van der Waals surface area contributed by atoms with Gasteiger partial charge in [-0.1, -0.05) is 13.3 Å². The number of rotatable bonds is 8. The average molecular weight is 308 g/mol. The first kappa shape index (κ1) is 18.4. The molecule has 0 aliphatic rings. The molecule has 20 heavy (non-hydrogen) atoms. The topological polar surface area (TPSA) is 111 Å². The molecule has 0 aromatic heterocycles. The first-order valence-electron chi connectivity index (χ1n) is 6.05. The van der Waals surface area contributed by atoms with Crippen LogP contribution in [0.4, 0.5) is 4.79 Å². The van der Waals surface area contributed by atoms with Gasteiger partial charge in [0, 0.05) is 12.6 Å². The lowest BCUT2D eigenvalue weighted by Crippen LogP contribution is -2.41. The maximum absolute atomic E-state index is 11.5. The molecular weight excluding hydrogens is 288 g/mol. The van der Waals surface area contributed by atoms with Crippen molar-refractivity contribution in [3.63, 3.8) is 0 Å². The molecule has 0 aliphatic heterocycles. The van der Waals surface area contributed by atoms with E-state index in [0.717, 1.165) is 26.9 Å². The zero-order chi connectivity index (χ0) is 15.6. The van der Waals surface area contributed by atoms with E-state index in [1.165, 1.54) is 0 Å². The van der Waals surface area contributed by atoms with Crippen LogP contribution in [-0.4, -0.2) is 52.7 Å². The molecule has 0 saturated carbocycles. The van der Waals surface area contributed by atoms with Gasteiger partial charge in [-0.15, -0.1) is 0 Å². The van der Waals surface area contributed by atoms with E-state index < -0.39 is 28.1 Å². The van der Waals surface area contributed by atoms with Crippen molar-refractivity contribution in [1.82, 2.24) is 5.32 Å². The fraction of sp³-hybridized carbons (Fsp3) is 0.727. The molecule has 116 valence electrons. The number of esters is 1. The van der Waals surface area contributed by atoms with Crippen molar-refractivity contribution in [2.24, 2.45) is 4.40 Å². The number of nitrogens with one attached hydrogen (secondary N) is 1. The zero-order valence-corrected chi connectivity index (χ0v) is 12.6. The summed E-state index contributed by atoms with van der Waals surface area (Å²) < 4.78 is 35.2. The standard InChI is InChI=1S/C11H20N2O6S/c1-4-5-8-20(16,17)12-7-6-9(10(14)18-2)13-11(15)19-3/h7,9H,4-6,8H2,1-3H3,(H,13,15)/t9-/m0/s1. The third-order valence-corrected chi connectivity index (χ3v) is 3.57. The van der Waals surface area contributed by atoms with Gasteiger partial charge < -0.3 is 14.8 Å². The van der Waals surface area contributed by atoms with Gasteiger partial charge in [0.2, 0.25) is 0 Å². The van der Waals surface area contributed by atoms with Gasteiger partial charge in [-0.25, -0.2) is 18.0 Å². The molecule has 0 fully saturated rings. The summed E-state index contributed by atoms with van der Waals surface area (Å²) in [6, 6.07) is -1.04. The number of amides is 1. The number of unbranched alkanes of at least 4 members (excludes halogenated alkanes) is 1. The lowest BCUT2D eigenvalue weighted by atomic mass is 10.2. The number of ether oxygens (including phenoxy) is 2. The maximum Gasteiger partial charge on any atom is 0.407 e. The summed E-state index contributed by atoms with van der Waals surface area (Å²) in [5.74, 6) is -0.763. The molecular formula is C11H20N2O6S. The van der Waals surface area contributed by atoms with Crippen molar-refractivity contribution >= 4 is 28.3 Å². The zero-order valence-electron chi connectivity index (χ0n) is 11.8. The summed E-state index contributed by atoms with van der Waals surface area (Å²) in [5, 5.41) is 2.23. The van der Waals surface area contributed by atoms with Crippen LogP contribution in [0, 0.1) is 0 Å². The molecule has 1 amide bonds. The predicted molar refractivity (Wildman–Crippen MR) is 73.1 cm³/mol. The van der Waals surface area contributed by atoms with E-state index in [-0.39, 0.29) is 12.2 Å². The second-order valence-corrected chi connectivity index (χ2v) is 5.66. The van der Waals surface area contributed by atoms with E-state index in [9.17, 15) is 18.0 Å². The Hall–Kier alpha value is -1.64. The van der Waals surface area contributed by atoms with Gasteiger partial charge in [0.05, 0.1) is 20.0 Å². The van der Waals surface area contributed by atoms with Crippen LogP contribution >= 0.6 is 0 Å². The molecule has 1 atom stereocenters. The highest BCUT2D eigenvalue weighted by molar-refractivity contribution is 7.90. The first-order chi connectivity index (χ1) is 9.36. The van der Waals surface area contributed by atoms with E-state index in [2.05, 4.69) is 19.2 Å². The van der Waals surface area contributed by atoms with Crippen LogP contribution in [0.2, 0.25) is 0 Å². The largest absolute Gasteiger partial charge is 0.467 e. The second-order valence-electron chi connectivity index (χ2n) is 3.87. The van der Waals surface area contributed by atoms with Gasteiger partial charge in [-0.2, -0.15) is 4.40 Å². The van der Waals surface area contributed by atoms with Gasteiger partial charge in [-0.05, 0) is 6.42 Å². The Kier molecular flexibility index (Phi) is 8.53. The number of carbonyl (C=O) groups is 2. The lowest BCUT2D eigenvalue weighted by molar-refractivity contribution is -0.142. The summed E-state index contributed by atoms with van der Waals surface area (Å²) >= 11 is 0. The fourth-order valence-corrected chi connectivity index (χ4v) is 2.27. The molecule has 0 rings (SSSR count). The number of sulfonamides is 1. The molecule has 0 bridgehead atoms. The van der Waals surface area contributed by atoms with Crippen molar-refractivity contribution in [3.8, 4) is 0 Å². The number of hydrogen-bond acceptors (Lipinski definition) is 6. The van der Waals surface area contributed by atoms with Gasteiger partial charge in [-0.3, -0.25) is 0 Å². The van der Waals surface area contributed by atoms with Gasteiger partial charge in [0.15, 0.2) is 0 Å². The number of hydrogen-bond donors (Lipinski definition) is 1. The quantitative estimate of drug-likeness (QED) is 0.515. The highest BCUT2D eigenvalue weighted by Crippen LogP contribution is 2.00. The van der Waals surface area contributed by atoms with Gasteiger partial charge in [0.1, 0.15) is 6.04 Å². The Morgan fingerprint density at radius 1 is 1.30 bits per heavy atom. The molecule has 1 N–H and O–H groups in total. The van der Waals surface area contributed by atoms with Gasteiger partial charge >= 0.3 is 12.1 Å². The summed E-state index contributed by atoms with van der Waals surface area (Å²) in [4.78, 5) is 22.4. The Balaban J connectivity index is 4.60. The Morgan fingerprint density at radius 2 is 1.95 bits per heavy atom. The van der Waals surface area contributed by atoms with E-state index >= 15 is 0 Å². The fourth-order valence-electron chi connectivity index (χ4n) is 1.20. The van der Waals surface area contributed by atoms with Crippen molar-refractivity contribution in [3.05, 3.63) is 0 Å². The van der Waals surface area contributed by atoms with Crippen LogP contribution in [0.3, 0.4) is 0 Å². The van der Waals surface area contributed by atoms with Crippen molar-refractivity contribution in [1.29, 1.82) is 0 Å². The Labute approximate surface area is 118 Å². The lowest BCUT2D eigenvalue weighted by Gasteiger charge is -2.13. The second kappa shape index (κ2) is 9.29. The molecule has 0 aromatic rings. The summed E-state index contributed by atoms with van der Waals surface area (Å²) in [6.45, 7) is 1.87. The third-order valence-electron chi connectivity index (χ3n) is 2.30. The minimum atomic E-state index is -3.53. The summed E-state index contributed by atoms with van der Waals surface area (Å²) in [5.41, 5.74) is 0. The van der Waals surface area contributed by atoms with Crippen LogP contribution in [-0.2, 0) is 24.3 Å². The first-order valence-corrected chi connectivity index (χ1v) is 7.66. The van der Waals surface area contributed by atoms with Crippen LogP contribution in [0.15, 0.2) is 4.40 Å². The van der Waals surface area contributed by atoms with Crippen molar-refractivity contribution < 1.29 is 27.5 Å². The Morgan fingerprint density at radius 3 is 2.45 bits per heavy atom. The van der Waals surface area contributed by atoms with E-state index in [1.54, 1.807) is 0 Å². The average Bonchev–Trinajstić information content (AvgIpc) is 2.42. The summed E-state index contributed by atoms with van der Waals surface area (Å²) in [7, 11) is -1.23. The molecule has 0 saturated heterocycles. The number of carbonyl (C=O) groups excluding carboxylic acids is 2. The van der Waals surface area contributed by atoms with E-state index in [1.807, 2.05) is 6.92 Å². The number of nitrogens with zero attached hydrogens (tertiary/aromatic N) is 1. The van der Waals surface area contributed by atoms with Crippen LogP contribution < -0.4 is 5.32 Å². The van der Waals surface area contributed by atoms with E-state index in [4.69, 9.17) is 0 Å². The van der Waals surface area contributed by atoms with Gasteiger partial charge in [0.25, 0.3) is 10.0 Å². The molecule has 9 heteroatoms. The smallest absolute Gasteiger partial charge is 0.407 e. The number of alkyl carbamates (subject to hydrolysis) is 1. The molecule has 0 spiro atoms. The van der Waals surface area contributed by atoms with Crippen molar-refractivity contribution in [2.75, 3.05) is 20.0 Å². The predicted octanol–water partition coefficient (Wildman–Crippen LogP) is 0.475. The summed E-state index contributed by atoms with van der Waals surface area (Å²) in [6.07, 6.45) is 1.40. The highest BCUT2D eigenvalue weighted by atomic mass is 32.2. The molecule has 0 unspecified atom stereocenters. The SMILES string of the molecule is CCCCS(=O)(=O)N=CC[C@H](NC(=O)OC)C(=O)OC. The minimum absolute atomic E-state index is 0.0483. The number of methoxy groups -OCH3 is 2. The van der Waals surface area contributed by atoms with E-state index in [0.29, 0.717) is 6.42 Å². The normalized spacial score (nSPS) is 12.9.